The zero-order valence-corrected chi connectivity index (χ0v) is 31.9. The summed E-state index contributed by atoms with van der Waals surface area (Å²) in [6.07, 6.45) is 2.69. The highest BCUT2D eigenvalue weighted by molar-refractivity contribution is 7.13. The normalized spacial score (nSPS) is 20.3. The lowest BCUT2D eigenvalue weighted by Gasteiger charge is -2.36. The number of benzene rings is 1. The average molecular weight is 712 g/mol. The van der Waals surface area contributed by atoms with Crippen LogP contribution in [0, 0.1) is 18.3 Å². The Balaban J connectivity index is 1.29. The molecule has 2 aromatic rings. The smallest absolute Gasteiger partial charge is 0.306 e. The van der Waals surface area contributed by atoms with Crippen molar-refractivity contribution >= 4 is 35.0 Å². The molecule has 12 heteroatoms. The number of piperidine rings is 1. The molecule has 3 heterocycles. The number of aryl methyl sites for hydroxylation is 1. The Hall–Kier alpha value is -3.35. The highest BCUT2D eigenvalue weighted by Crippen LogP contribution is 2.30. The number of β-amino-alcohol motifs (C(OH)–C–C–N with tert-alkyl or cyclic N) is 1. The van der Waals surface area contributed by atoms with Crippen LogP contribution in [0.4, 0.5) is 0 Å². The molecule has 0 bridgehead atoms. The fourth-order valence-corrected chi connectivity index (χ4v) is 7.53. The van der Waals surface area contributed by atoms with Gasteiger partial charge in [-0.1, -0.05) is 45.0 Å². The Morgan fingerprint density at radius 3 is 2.26 bits per heavy atom. The van der Waals surface area contributed by atoms with Crippen LogP contribution in [-0.4, -0.2) is 93.5 Å². The molecule has 2 fully saturated rings. The number of aliphatic hydroxyl groups is 1. The maximum Gasteiger partial charge on any atom is 0.306 e. The van der Waals surface area contributed by atoms with Gasteiger partial charge in [0, 0.05) is 32.4 Å². The van der Waals surface area contributed by atoms with E-state index >= 15 is 0 Å². The zero-order chi connectivity index (χ0) is 36.8. The molecule has 3 N–H and O–H groups in total. The first-order valence-corrected chi connectivity index (χ1v) is 18.8. The van der Waals surface area contributed by atoms with E-state index in [2.05, 4.69) is 20.5 Å². The first-order valence-electron chi connectivity index (χ1n) is 17.9. The van der Waals surface area contributed by atoms with Gasteiger partial charge in [-0.25, -0.2) is 4.98 Å². The van der Waals surface area contributed by atoms with Crippen molar-refractivity contribution in [2.75, 3.05) is 26.2 Å². The van der Waals surface area contributed by atoms with Gasteiger partial charge in [-0.15, -0.1) is 11.3 Å². The van der Waals surface area contributed by atoms with Crippen LogP contribution in [-0.2, 0) is 23.9 Å². The number of rotatable bonds is 12. The van der Waals surface area contributed by atoms with Gasteiger partial charge in [-0.3, -0.25) is 19.2 Å². The van der Waals surface area contributed by atoms with Crippen molar-refractivity contribution in [1.82, 2.24) is 25.4 Å². The molecular formula is C38H57N5O6S. The number of likely N-dealkylation sites (tertiary alicyclic amines) is 2. The summed E-state index contributed by atoms with van der Waals surface area (Å²) < 4.78 is 5.44. The summed E-state index contributed by atoms with van der Waals surface area (Å²) in [5, 5.41) is 16.6. The maximum absolute atomic E-state index is 14.0. The minimum Gasteiger partial charge on any atom is -0.460 e. The first kappa shape index (κ1) is 39.4. The van der Waals surface area contributed by atoms with E-state index in [1.165, 1.54) is 4.90 Å². The summed E-state index contributed by atoms with van der Waals surface area (Å²) in [5.74, 6) is -0.632. The molecular weight excluding hydrogens is 655 g/mol. The summed E-state index contributed by atoms with van der Waals surface area (Å²) in [4.78, 5) is 62.0. The number of hydrogen-bond acceptors (Lipinski definition) is 9. The SMILES string of the molecule is Cc1ncsc1-c1ccc(C(C)NC(=O)[C@@H]2C[C@@H](O)CN2C(=O)C(NC(=O)CCN2CCC(CCC(=O)OC(C)(C)C)CC2)C(C)(C)C)cc1. The third-order valence-electron chi connectivity index (χ3n) is 9.60. The third-order valence-corrected chi connectivity index (χ3v) is 10.6. The summed E-state index contributed by atoms with van der Waals surface area (Å²) in [6, 6.07) is 5.95. The molecule has 2 saturated heterocycles. The highest BCUT2D eigenvalue weighted by Gasteiger charge is 2.44. The van der Waals surface area contributed by atoms with Crippen molar-refractivity contribution in [3.05, 3.63) is 41.0 Å². The number of nitrogens with zero attached hydrogens (tertiary/aromatic N) is 3. The number of nitrogens with one attached hydrogen (secondary N) is 2. The largest absolute Gasteiger partial charge is 0.460 e. The minimum atomic E-state index is -0.866. The number of carbonyl (C=O) groups is 4. The lowest BCUT2D eigenvalue weighted by molar-refractivity contribution is -0.155. The van der Waals surface area contributed by atoms with Crippen LogP contribution in [0.5, 0.6) is 0 Å². The lowest BCUT2D eigenvalue weighted by Crippen LogP contribution is -2.58. The highest BCUT2D eigenvalue weighted by atomic mass is 32.1. The van der Waals surface area contributed by atoms with E-state index in [1.807, 2.05) is 85.2 Å². The Morgan fingerprint density at radius 2 is 1.68 bits per heavy atom. The quantitative estimate of drug-likeness (QED) is 0.261. The van der Waals surface area contributed by atoms with E-state index in [1.54, 1.807) is 11.3 Å². The minimum absolute atomic E-state index is 0.0273. The molecule has 2 aliphatic heterocycles. The third kappa shape index (κ3) is 11.1. The van der Waals surface area contributed by atoms with Gasteiger partial charge >= 0.3 is 5.97 Å². The van der Waals surface area contributed by atoms with Gasteiger partial charge in [0.2, 0.25) is 17.7 Å². The predicted molar refractivity (Wildman–Crippen MR) is 195 cm³/mol. The molecule has 276 valence electrons. The Bertz CT molecular complexity index is 1470. The molecule has 4 atom stereocenters. The summed E-state index contributed by atoms with van der Waals surface area (Å²) in [6.45, 7) is 17.5. The van der Waals surface area contributed by atoms with Crippen molar-refractivity contribution in [2.24, 2.45) is 11.3 Å². The van der Waals surface area contributed by atoms with Gasteiger partial charge < -0.3 is 30.3 Å². The van der Waals surface area contributed by atoms with Gasteiger partial charge in [0.05, 0.1) is 28.2 Å². The summed E-state index contributed by atoms with van der Waals surface area (Å²) in [7, 11) is 0. The molecule has 2 unspecified atom stereocenters. The lowest BCUT2D eigenvalue weighted by atomic mass is 9.85. The number of aliphatic hydroxyl groups excluding tert-OH is 1. The van der Waals surface area contributed by atoms with Gasteiger partial charge in [-0.05, 0) is 89.4 Å². The summed E-state index contributed by atoms with van der Waals surface area (Å²) in [5.41, 5.74) is 3.69. The number of amides is 3. The van der Waals surface area contributed by atoms with Crippen LogP contribution < -0.4 is 10.6 Å². The van der Waals surface area contributed by atoms with Crippen LogP contribution in [0.15, 0.2) is 29.8 Å². The molecule has 50 heavy (non-hydrogen) atoms. The number of aromatic nitrogens is 1. The van der Waals surface area contributed by atoms with E-state index in [-0.39, 0.29) is 49.1 Å². The van der Waals surface area contributed by atoms with E-state index in [9.17, 15) is 24.3 Å². The first-order chi connectivity index (χ1) is 23.4. The van der Waals surface area contributed by atoms with Crippen molar-refractivity contribution in [1.29, 1.82) is 0 Å². The number of hydrogen-bond donors (Lipinski definition) is 3. The Kier molecular flexibility index (Phi) is 13.2. The second kappa shape index (κ2) is 16.8. The van der Waals surface area contributed by atoms with Crippen molar-refractivity contribution in [2.45, 2.75) is 124 Å². The van der Waals surface area contributed by atoms with Crippen LogP contribution in [0.2, 0.25) is 0 Å². The Labute approximate surface area is 301 Å². The van der Waals surface area contributed by atoms with Crippen LogP contribution in [0.1, 0.15) is 104 Å². The van der Waals surface area contributed by atoms with Crippen molar-refractivity contribution < 1.29 is 29.0 Å². The van der Waals surface area contributed by atoms with E-state index in [4.69, 9.17) is 4.74 Å². The molecule has 0 radical (unpaired) electrons. The maximum atomic E-state index is 14.0. The van der Waals surface area contributed by atoms with E-state index in [0.717, 1.165) is 54.0 Å². The van der Waals surface area contributed by atoms with E-state index < -0.39 is 29.2 Å². The van der Waals surface area contributed by atoms with Crippen LogP contribution >= 0.6 is 11.3 Å². The fraction of sp³-hybridized carbons (Fsp3) is 0.658. The average Bonchev–Trinajstić information content (AvgIpc) is 3.65. The second-order valence-corrected chi connectivity index (χ2v) is 16.9. The molecule has 0 saturated carbocycles. The molecule has 0 spiro atoms. The standard InChI is InChI=1S/C38H57N5O6S/c1-24(27-10-12-28(13-11-27)33-25(2)39-23-50-33)40-35(47)30-21-29(44)22-43(30)36(48)34(37(3,4)5)41-31(45)17-20-42-18-15-26(16-19-42)9-14-32(46)49-38(6,7)8/h10-13,23-24,26,29-30,34,44H,9,14-22H2,1-8H3,(H,40,47)(H,41,45)/t24?,29-,30+,34?/m1/s1. The predicted octanol–water partition coefficient (Wildman–Crippen LogP) is 5.01. The monoisotopic (exact) mass is 711 g/mol. The molecule has 1 aromatic carbocycles. The van der Waals surface area contributed by atoms with Gasteiger partial charge in [-0.2, -0.15) is 0 Å². The van der Waals surface area contributed by atoms with E-state index in [0.29, 0.717) is 18.9 Å². The second-order valence-electron chi connectivity index (χ2n) is 16.0. The number of carbonyl (C=O) groups excluding carboxylic acids is 4. The zero-order valence-electron chi connectivity index (χ0n) is 31.1. The molecule has 4 rings (SSSR count). The number of thiazole rings is 1. The van der Waals surface area contributed by atoms with Crippen molar-refractivity contribution in [3.63, 3.8) is 0 Å². The van der Waals surface area contributed by atoms with Gasteiger partial charge in [0.1, 0.15) is 17.7 Å². The number of ether oxygens (including phenoxy) is 1. The summed E-state index contributed by atoms with van der Waals surface area (Å²) >= 11 is 1.58. The van der Waals surface area contributed by atoms with Crippen molar-refractivity contribution in [3.8, 4) is 10.4 Å². The number of esters is 1. The molecule has 2 aliphatic rings. The molecule has 1 aromatic heterocycles. The fourth-order valence-electron chi connectivity index (χ4n) is 6.72. The van der Waals surface area contributed by atoms with Crippen LogP contribution in [0.25, 0.3) is 10.4 Å². The molecule has 3 amide bonds. The molecule has 0 aliphatic carbocycles. The molecule has 11 nitrogen and oxygen atoms in total. The van der Waals surface area contributed by atoms with Gasteiger partial charge in [0.15, 0.2) is 0 Å². The Morgan fingerprint density at radius 1 is 1.02 bits per heavy atom. The van der Waals surface area contributed by atoms with Crippen LogP contribution in [0.3, 0.4) is 0 Å². The topological polar surface area (TPSA) is 141 Å². The van der Waals surface area contributed by atoms with Gasteiger partial charge in [0.25, 0.3) is 0 Å².